The van der Waals surface area contributed by atoms with E-state index in [1.165, 1.54) is 0 Å². The Kier molecular flexibility index (Phi) is 8.33. The lowest BCUT2D eigenvalue weighted by Gasteiger charge is -2.10. The maximum absolute atomic E-state index is 12.4. The van der Waals surface area contributed by atoms with Gasteiger partial charge in [0.05, 0.1) is 11.1 Å². The maximum atomic E-state index is 12.4. The van der Waals surface area contributed by atoms with Crippen molar-refractivity contribution in [2.24, 2.45) is 0 Å². The van der Waals surface area contributed by atoms with Crippen LogP contribution in [0.3, 0.4) is 0 Å². The molecule has 2 aromatic rings. The number of halogens is 1. The van der Waals surface area contributed by atoms with Gasteiger partial charge in [0.15, 0.2) is 0 Å². The first kappa shape index (κ1) is 21.0. The van der Waals surface area contributed by atoms with E-state index in [1.807, 2.05) is 6.92 Å². The van der Waals surface area contributed by atoms with Gasteiger partial charge < -0.3 is 15.4 Å². The van der Waals surface area contributed by atoms with Gasteiger partial charge in [0.25, 0.3) is 5.91 Å². The minimum absolute atomic E-state index is 0.0135. The fourth-order valence-electron chi connectivity index (χ4n) is 2.38. The summed E-state index contributed by atoms with van der Waals surface area (Å²) in [6.07, 6.45) is 3.35. The van der Waals surface area contributed by atoms with Crippen molar-refractivity contribution in [3.8, 4) is 5.75 Å². The highest BCUT2D eigenvalue weighted by atomic mass is 79.9. The average molecular weight is 433 g/mol. The highest BCUT2D eigenvalue weighted by Crippen LogP contribution is 2.27. The van der Waals surface area contributed by atoms with Gasteiger partial charge in [-0.15, -0.1) is 0 Å². The summed E-state index contributed by atoms with van der Waals surface area (Å²) in [5, 5.41) is 5.67. The molecule has 27 heavy (non-hydrogen) atoms. The zero-order valence-corrected chi connectivity index (χ0v) is 17.3. The lowest BCUT2D eigenvalue weighted by atomic mass is 10.2. The molecular weight excluding hydrogens is 408 g/mol. The van der Waals surface area contributed by atoms with Crippen LogP contribution in [0.2, 0.25) is 0 Å². The molecule has 0 fully saturated rings. The Bertz CT molecular complexity index is 775. The Balaban J connectivity index is 1.96. The summed E-state index contributed by atoms with van der Waals surface area (Å²) in [5.41, 5.74) is 1.90. The zero-order valence-electron chi connectivity index (χ0n) is 15.7. The van der Waals surface area contributed by atoms with Crippen LogP contribution in [0, 0.1) is 0 Å². The molecule has 0 aliphatic carbocycles. The number of rotatable bonds is 9. The molecule has 0 radical (unpaired) electrons. The Hall–Kier alpha value is -2.34. The van der Waals surface area contributed by atoms with Crippen LogP contribution in [-0.4, -0.2) is 18.4 Å². The number of hydrogen-bond donors (Lipinski definition) is 2. The van der Waals surface area contributed by atoms with E-state index in [1.54, 1.807) is 42.5 Å². The highest BCUT2D eigenvalue weighted by molar-refractivity contribution is 9.10. The number of carbonyl (C=O) groups excluding carboxylic acids is 2. The van der Waals surface area contributed by atoms with Crippen LogP contribution in [0.4, 0.5) is 11.4 Å². The van der Waals surface area contributed by atoms with Gasteiger partial charge in [-0.05, 0) is 71.2 Å². The van der Waals surface area contributed by atoms with E-state index in [-0.39, 0.29) is 11.8 Å². The van der Waals surface area contributed by atoms with Gasteiger partial charge in [0.2, 0.25) is 5.91 Å². The van der Waals surface area contributed by atoms with E-state index in [2.05, 4.69) is 33.5 Å². The molecule has 0 aromatic heterocycles. The van der Waals surface area contributed by atoms with Crippen molar-refractivity contribution >= 4 is 39.1 Å². The van der Waals surface area contributed by atoms with Gasteiger partial charge in [-0.3, -0.25) is 9.59 Å². The van der Waals surface area contributed by atoms with Crippen LogP contribution < -0.4 is 15.4 Å². The number of amides is 2. The maximum Gasteiger partial charge on any atom is 0.255 e. The molecule has 0 atom stereocenters. The van der Waals surface area contributed by atoms with E-state index < -0.39 is 0 Å². The van der Waals surface area contributed by atoms with Crippen molar-refractivity contribution < 1.29 is 14.3 Å². The Morgan fingerprint density at radius 3 is 2.22 bits per heavy atom. The monoisotopic (exact) mass is 432 g/mol. The van der Waals surface area contributed by atoms with Gasteiger partial charge >= 0.3 is 0 Å². The number of benzene rings is 2. The van der Waals surface area contributed by atoms with E-state index >= 15 is 0 Å². The van der Waals surface area contributed by atoms with E-state index in [9.17, 15) is 9.59 Å². The average Bonchev–Trinajstić information content (AvgIpc) is 2.65. The fraction of sp³-hybridized carbons (Fsp3) is 0.333. The second-order valence-corrected chi connectivity index (χ2v) is 7.03. The predicted octanol–water partition coefficient (Wildman–Crippen LogP) is 5.62. The van der Waals surface area contributed by atoms with Crippen molar-refractivity contribution in [3.63, 3.8) is 0 Å². The predicted molar refractivity (Wildman–Crippen MR) is 112 cm³/mol. The number of hydrogen-bond acceptors (Lipinski definition) is 3. The molecule has 0 aliphatic heterocycles. The molecule has 0 saturated heterocycles. The lowest BCUT2D eigenvalue weighted by Crippen LogP contribution is -2.13. The number of carbonyl (C=O) groups is 2. The second kappa shape index (κ2) is 10.7. The van der Waals surface area contributed by atoms with Gasteiger partial charge in [0, 0.05) is 23.4 Å². The Labute approximate surface area is 168 Å². The first-order valence-electron chi connectivity index (χ1n) is 9.17. The van der Waals surface area contributed by atoms with Crippen LogP contribution in [0.25, 0.3) is 0 Å². The minimum atomic E-state index is -0.210. The van der Waals surface area contributed by atoms with Crippen LogP contribution in [0.1, 0.15) is 49.9 Å². The van der Waals surface area contributed by atoms with Gasteiger partial charge in [-0.25, -0.2) is 0 Å². The molecule has 5 nitrogen and oxygen atoms in total. The van der Waals surface area contributed by atoms with Crippen molar-refractivity contribution in [3.05, 3.63) is 52.5 Å². The lowest BCUT2D eigenvalue weighted by molar-refractivity contribution is -0.116. The summed E-state index contributed by atoms with van der Waals surface area (Å²) in [6, 6.07) is 12.3. The van der Waals surface area contributed by atoms with Crippen molar-refractivity contribution in [1.29, 1.82) is 0 Å². The number of anilines is 2. The summed E-state index contributed by atoms with van der Waals surface area (Å²) in [5.74, 6) is 0.506. The first-order chi connectivity index (χ1) is 13.0. The Morgan fingerprint density at radius 1 is 0.963 bits per heavy atom. The topological polar surface area (TPSA) is 67.4 Å². The SMILES string of the molecule is CCCCOc1ccc(C(=O)Nc2ccc(NC(=O)CCC)cc2)cc1Br. The minimum Gasteiger partial charge on any atom is -0.492 e. The highest BCUT2D eigenvalue weighted by Gasteiger charge is 2.10. The third-order valence-electron chi connectivity index (χ3n) is 3.85. The number of nitrogens with one attached hydrogen (secondary N) is 2. The molecule has 0 unspecified atom stereocenters. The molecular formula is C21H25BrN2O3. The molecule has 2 aromatic carbocycles. The summed E-state index contributed by atoms with van der Waals surface area (Å²) in [6.45, 7) is 4.72. The molecule has 144 valence electrons. The zero-order chi connectivity index (χ0) is 19.6. The normalized spacial score (nSPS) is 10.3. The van der Waals surface area contributed by atoms with Gasteiger partial charge in [-0.1, -0.05) is 20.3 Å². The molecule has 0 saturated carbocycles. The van der Waals surface area contributed by atoms with Crippen molar-refractivity contribution in [2.75, 3.05) is 17.2 Å². The molecule has 0 heterocycles. The second-order valence-electron chi connectivity index (χ2n) is 6.18. The fourth-order valence-corrected chi connectivity index (χ4v) is 2.87. The smallest absolute Gasteiger partial charge is 0.255 e. The molecule has 2 amide bonds. The van der Waals surface area contributed by atoms with Crippen LogP contribution in [0.15, 0.2) is 46.9 Å². The summed E-state index contributed by atoms with van der Waals surface area (Å²) in [4.78, 5) is 24.1. The number of ether oxygens (including phenoxy) is 1. The van der Waals surface area contributed by atoms with Crippen molar-refractivity contribution in [1.82, 2.24) is 0 Å². The van der Waals surface area contributed by atoms with Gasteiger partial charge in [-0.2, -0.15) is 0 Å². The third kappa shape index (κ3) is 6.71. The molecule has 0 spiro atoms. The first-order valence-corrected chi connectivity index (χ1v) is 9.96. The summed E-state index contributed by atoms with van der Waals surface area (Å²) >= 11 is 3.45. The van der Waals surface area contributed by atoms with Gasteiger partial charge in [0.1, 0.15) is 5.75 Å². The Morgan fingerprint density at radius 2 is 1.63 bits per heavy atom. The third-order valence-corrected chi connectivity index (χ3v) is 4.47. The molecule has 2 rings (SSSR count). The van der Waals surface area contributed by atoms with E-state index in [4.69, 9.17) is 4.74 Å². The van der Waals surface area contributed by atoms with E-state index in [0.29, 0.717) is 30.0 Å². The van der Waals surface area contributed by atoms with E-state index in [0.717, 1.165) is 29.5 Å². The standard InChI is InChI=1S/C21H25BrN2O3/c1-3-5-13-27-19-12-7-15(14-18(19)22)21(26)24-17-10-8-16(9-11-17)23-20(25)6-4-2/h7-12,14H,3-6,13H2,1-2H3,(H,23,25)(H,24,26). The van der Waals surface area contributed by atoms with Crippen LogP contribution in [-0.2, 0) is 4.79 Å². The molecule has 2 N–H and O–H groups in total. The largest absolute Gasteiger partial charge is 0.492 e. The van der Waals surface area contributed by atoms with Crippen molar-refractivity contribution in [2.45, 2.75) is 39.5 Å². The molecule has 6 heteroatoms. The van der Waals surface area contributed by atoms with Crippen LogP contribution in [0.5, 0.6) is 5.75 Å². The quantitative estimate of drug-likeness (QED) is 0.505. The summed E-state index contributed by atoms with van der Waals surface area (Å²) < 4.78 is 6.43. The van der Waals surface area contributed by atoms with Crippen LogP contribution >= 0.6 is 15.9 Å². The number of unbranched alkanes of at least 4 members (excludes halogenated alkanes) is 1. The molecule has 0 aliphatic rings. The molecule has 0 bridgehead atoms. The summed E-state index contributed by atoms with van der Waals surface area (Å²) in [7, 11) is 0.